The van der Waals surface area contributed by atoms with Crippen LogP contribution < -0.4 is 20.3 Å². The van der Waals surface area contributed by atoms with Crippen molar-refractivity contribution in [1.29, 1.82) is 0 Å². The molecule has 198 valence electrons. The molecule has 2 atom stereocenters. The van der Waals surface area contributed by atoms with Gasteiger partial charge in [-0.05, 0) is 72.9 Å². The molecule has 1 amide bonds. The zero-order valence-electron chi connectivity index (χ0n) is 21.4. The molecule has 1 fully saturated rings. The number of benzene rings is 3. The third kappa shape index (κ3) is 5.43. The molecule has 3 heterocycles. The van der Waals surface area contributed by atoms with E-state index in [0.717, 1.165) is 28.5 Å². The molecule has 0 saturated carbocycles. The first kappa shape index (κ1) is 25.3. The zero-order valence-corrected chi connectivity index (χ0v) is 22.3. The van der Waals surface area contributed by atoms with E-state index in [0.29, 0.717) is 16.5 Å². The molecule has 1 saturated heterocycles. The molecular weight excluding hydrogens is 520 g/mol. The summed E-state index contributed by atoms with van der Waals surface area (Å²) in [5.41, 5.74) is 3.37. The SMILES string of the molecule is O=C(COc1ccccc1)Nc1ccc(N2C(=S)N[C@H](c3ccccn3)[C@H]2c2ccc(-c3ccccc3)o2)cc1. The second-order valence-corrected chi connectivity index (χ2v) is 9.65. The monoisotopic (exact) mass is 546 g/mol. The summed E-state index contributed by atoms with van der Waals surface area (Å²) in [6.07, 6.45) is 1.77. The number of amides is 1. The standard InChI is InChI=1S/C32H26N4O3S/c37-29(21-38-25-11-5-2-6-12-25)34-23-14-16-24(17-15-23)36-31(30(35-32(36)40)26-13-7-8-20-33-26)28-19-18-27(39-28)22-9-3-1-4-10-22/h1-20,30-31H,21H2,(H,34,37)(H,35,40)/t30-,31-/m1/s1. The molecule has 40 heavy (non-hydrogen) atoms. The summed E-state index contributed by atoms with van der Waals surface area (Å²) in [4.78, 5) is 19.1. The molecule has 6 rings (SSSR count). The van der Waals surface area contributed by atoms with E-state index in [9.17, 15) is 4.79 Å². The molecule has 2 aromatic heterocycles. The fourth-order valence-electron chi connectivity index (χ4n) is 4.76. The van der Waals surface area contributed by atoms with E-state index in [1.165, 1.54) is 0 Å². The Bertz CT molecular complexity index is 1590. The lowest BCUT2D eigenvalue weighted by Gasteiger charge is -2.26. The smallest absolute Gasteiger partial charge is 0.262 e. The second-order valence-electron chi connectivity index (χ2n) is 9.26. The fraction of sp³-hybridized carbons (Fsp3) is 0.0938. The molecule has 7 nitrogen and oxygen atoms in total. The number of furan rings is 1. The minimum Gasteiger partial charge on any atom is -0.484 e. The number of hydrogen-bond acceptors (Lipinski definition) is 5. The zero-order chi connectivity index (χ0) is 27.3. The number of ether oxygens (including phenoxy) is 1. The van der Waals surface area contributed by atoms with Crippen molar-refractivity contribution in [3.05, 3.63) is 133 Å². The number of thiocarbonyl (C=S) groups is 1. The van der Waals surface area contributed by atoms with Crippen LogP contribution in [0.3, 0.4) is 0 Å². The van der Waals surface area contributed by atoms with Crippen LogP contribution in [-0.4, -0.2) is 22.6 Å². The van der Waals surface area contributed by atoms with E-state index in [1.807, 2.05) is 120 Å². The van der Waals surface area contributed by atoms with Crippen LogP contribution in [0.4, 0.5) is 11.4 Å². The van der Waals surface area contributed by atoms with Gasteiger partial charge in [-0.2, -0.15) is 0 Å². The summed E-state index contributed by atoms with van der Waals surface area (Å²) in [5, 5.41) is 6.89. The van der Waals surface area contributed by atoms with Crippen LogP contribution in [0.15, 0.2) is 126 Å². The Hall–Kier alpha value is -4.95. The number of nitrogens with one attached hydrogen (secondary N) is 2. The van der Waals surface area contributed by atoms with E-state index < -0.39 is 0 Å². The maximum atomic E-state index is 12.4. The van der Waals surface area contributed by atoms with Crippen LogP contribution in [0.2, 0.25) is 0 Å². The molecule has 3 aromatic carbocycles. The molecule has 0 bridgehead atoms. The lowest BCUT2D eigenvalue weighted by Crippen LogP contribution is -2.29. The molecular formula is C32H26N4O3S. The molecule has 1 aliphatic rings. The number of anilines is 2. The molecule has 2 N–H and O–H groups in total. The minimum absolute atomic E-state index is 0.0814. The van der Waals surface area contributed by atoms with Gasteiger partial charge >= 0.3 is 0 Å². The number of carbonyl (C=O) groups excluding carboxylic acids is 1. The van der Waals surface area contributed by atoms with Crippen molar-refractivity contribution in [3.8, 4) is 17.1 Å². The van der Waals surface area contributed by atoms with E-state index >= 15 is 0 Å². The van der Waals surface area contributed by atoms with Crippen LogP contribution >= 0.6 is 12.2 Å². The van der Waals surface area contributed by atoms with Gasteiger partial charge in [0, 0.05) is 23.1 Å². The Morgan fingerprint density at radius 1 is 0.900 bits per heavy atom. The summed E-state index contributed by atoms with van der Waals surface area (Å²) >= 11 is 5.82. The quantitative estimate of drug-likeness (QED) is 0.214. The lowest BCUT2D eigenvalue weighted by atomic mass is 10.0. The molecule has 0 spiro atoms. The van der Waals surface area contributed by atoms with Crippen molar-refractivity contribution < 1.29 is 13.9 Å². The predicted molar refractivity (Wildman–Crippen MR) is 159 cm³/mol. The van der Waals surface area contributed by atoms with Gasteiger partial charge in [0.1, 0.15) is 23.3 Å². The van der Waals surface area contributed by atoms with E-state index in [1.54, 1.807) is 6.20 Å². The number of carbonyl (C=O) groups is 1. The van der Waals surface area contributed by atoms with Crippen molar-refractivity contribution >= 4 is 34.6 Å². The Labute approximate surface area is 237 Å². The van der Waals surface area contributed by atoms with Crippen LogP contribution in [0.25, 0.3) is 11.3 Å². The first-order valence-electron chi connectivity index (χ1n) is 12.9. The minimum atomic E-state index is -0.278. The van der Waals surface area contributed by atoms with Gasteiger partial charge in [-0.1, -0.05) is 54.6 Å². The second kappa shape index (κ2) is 11.4. The van der Waals surface area contributed by atoms with Crippen LogP contribution in [0.5, 0.6) is 5.75 Å². The topological polar surface area (TPSA) is 79.6 Å². The largest absolute Gasteiger partial charge is 0.484 e. The number of hydrogen-bond donors (Lipinski definition) is 2. The number of para-hydroxylation sites is 1. The summed E-state index contributed by atoms with van der Waals surface area (Å²) < 4.78 is 12.0. The van der Waals surface area contributed by atoms with Gasteiger partial charge in [0.05, 0.1) is 11.7 Å². The Morgan fingerprint density at radius 2 is 1.62 bits per heavy atom. The van der Waals surface area contributed by atoms with Gasteiger partial charge in [-0.15, -0.1) is 0 Å². The highest BCUT2D eigenvalue weighted by atomic mass is 32.1. The van der Waals surface area contributed by atoms with Gasteiger partial charge in [-0.25, -0.2) is 0 Å². The van der Waals surface area contributed by atoms with Crippen molar-refractivity contribution in [1.82, 2.24) is 10.3 Å². The summed E-state index contributed by atoms with van der Waals surface area (Å²) in [7, 11) is 0. The average molecular weight is 547 g/mol. The molecule has 1 aliphatic heterocycles. The number of pyridine rings is 1. The number of rotatable bonds is 8. The van der Waals surface area contributed by atoms with Gasteiger partial charge in [-0.3, -0.25) is 9.78 Å². The fourth-order valence-corrected chi connectivity index (χ4v) is 5.11. The van der Waals surface area contributed by atoms with E-state index in [2.05, 4.69) is 15.6 Å². The highest BCUT2D eigenvalue weighted by Crippen LogP contribution is 2.43. The van der Waals surface area contributed by atoms with E-state index in [-0.39, 0.29) is 24.6 Å². The van der Waals surface area contributed by atoms with Crippen LogP contribution in [-0.2, 0) is 4.79 Å². The van der Waals surface area contributed by atoms with Gasteiger partial charge in [0.25, 0.3) is 5.91 Å². The van der Waals surface area contributed by atoms with E-state index in [4.69, 9.17) is 21.4 Å². The summed E-state index contributed by atoms with van der Waals surface area (Å²) in [6.45, 7) is -0.0814. The number of aromatic nitrogens is 1. The molecule has 0 aliphatic carbocycles. The van der Waals surface area contributed by atoms with Gasteiger partial charge in [0.2, 0.25) is 0 Å². The van der Waals surface area contributed by atoms with Gasteiger partial charge < -0.3 is 24.7 Å². The summed E-state index contributed by atoms with van der Waals surface area (Å²) in [5.74, 6) is 1.94. The molecule has 0 radical (unpaired) electrons. The Morgan fingerprint density at radius 3 is 2.35 bits per heavy atom. The summed E-state index contributed by atoms with van der Waals surface area (Å²) in [6, 6.07) is 36.1. The highest BCUT2D eigenvalue weighted by Gasteiger charge is 2.42. The lowest BCUT2D eigenvalue weighted by molar-refractivity contribution is -0.118. The van der Waals surface area contributed by atoms with Crippen molar-refractivity contribution in [2.45, 2.75) is 12.1 Å². The van der Waals surface area contributed by atoms with Crippen LogP contribution in [0.1, 0.15) is 23.5 Å². The van der Waals surface area contributed by atoms with Gasteiger partial charge in [0.15, 0.2) is 11.7 Å². The van der Waals surface area contributed by atoms with Crippen molar-refractivity contribution in [2.24, 2.45) is 0 Å². The number of nitrogens with zero attached hydrogens (tertiary/aromatic N) is 2. The first-order valence-corrected chi connectivity index (χ1v) is 13.3. The van der Waals surface area contributed by atoms with Crippen LogP contribution in [0, 0.1) is 0 Å². The molecule has 0 unspecified atom stereocenters. The molecule has 8 heteroatoms. The normalized spacial score (nSPS) is 16.4. The average Bonchev–Trinajstić information content (AvgIpc) is 3.63. The molecule has 5 aromatic rings. The maximum Gasteiger partial charge on any atom is 0.262 e. The highest BCUT2D eigenvalue weighted by molar-refractivity contribution is 7.80. The Balaban J connectivity index is 1.24. The Kier molecular flexibility index (Phi) is 7.24. The predicted octanol–water partition coefficient (Wildman–Crippen LogP) is 6.54. The third-order valence-corrected chi connectivity index (χ3v) is 6.93. The van der Waals surface area contributed by atoms with Crippen molar-refractivity contribution in [3.63, 3.8) is 0 Å². The maximum absolute atomic E-state index is 12.4. The first-order chi connectivity index (χ1) is 19.7. The van der Waals surface area contributed by atoms with Crippen molar-refractivity contribution in [2.75, 3.05) is 16.8 Å². The third-order valence-electron chi connectivity index (χ3n) is 6.62.